The summed E-state index contributed by atoms with van der Waals surface area (Å²) in [5.74, 6) is -0.708. The third kappa shape index (κ3) is 5.77. The summed E-state index contributed by atoms with van der Waals surface area (Å²) >= 11 is 6.94. The van der Waals surface area contributed by atoms with Crippen molar-refractivity contribution in [2.75, 3.05) is 19.0 Å². The standard InChI is InChI=1S/C31H29ClFN5O4/c1-17-20(6-5-9-26(17)37-30(40)24-14-34-16-38(2)31(24)41)22-8-4-7-21(29(22)32)18-10-25(33)23(27(11-18)42-3)15-35-19-12-28(39)36-13-19/h4-11,14,16,19,35H,12-13,15H2,1-3H3,(H,36,39)(H,37,40)/t19-/m0/s1. The lowest BCUT2D eigenvalue weighted by atomic mass is 9.94. The second kappa shape index (κ2) is 12.1. The minimum absolute atomic E-state index is 0.0350. The SMILES string of the molecule is COc1cc(-c2cccc(-c3cccc(NC(=O)c4cncn(C)c4=O)c3C)c2Cl)cc(F)c1CN[C@@H]1CNC(=O)C1. The van der Waals surface area contributed by atoms with Gasteiger partial charge in [-0.25, -0.2) is 9.37 Å². The van der Waals surface area contributed by atoms with E-state index in [1.807, 2.05) is 25.1 Å². The van der Waals surface area contributed by atoms with Crippen molar-refractivity contribution in [3.05, 3.63) is 98.9 Å². The minimum Gasteiger partial charge on any atom is -0.496 e. The lowest BCUT2D eigenvalue weighted by molar-refractivity contribution is -0.119. The Morgan fingerprint density at radius 3 is 2.64 bits per heavy atom. The van der Waals surface area contributed by atoms with Crippen LogP contribution in [0, 0.1) is 12.7 Å². The lowest BCUT2D eigenvalue weighted by Gasteiger charge is -2.18. The normalized spacial score (nSPS) is 14.5. The van der Waals surface area contributed by atoms with E-state index in [0.29, 0.717) is 51.7 Å². The number of anilines is 1. The van der Waals surface area contributed by atoms with Crippen LogP contribution < -0.4 is 26.2 Å². The van der Waals surface area contributed by atoms with Crippen molar-refractivity contribution in [3.8, 4) is 28.0 Å². The van der Waals surface area contributed by atoms with Gasteiger partial charge in [-0.05, 0) is 41.8 Å². The van der Waals surface area contributed by atoms with Gasteiger partial charge in [-0.15, -0.1) is 0 Å². The maximum Gasteiger partial charge on any atom is 0.265 e. The molecule has 5 rings (SSSR count). The zero-order valence-corrected chi connectivity index (χ0v) is 24.0. The molecule has 0 saturated carbocycles. The number of carbonyl (C=O) groups is 2. The summed E-state index contributed by atoms with van der Waals surface area (Å²) < 4.78 is 22.2. The Morgan fingerprint density at radius 2 is 1.90 bits per heavy atom. The van der Waals surface area contributed by atoms with Crippen LogP contribution in [0.4, 0.5) is 10.1 Å². The highest BCUT2D eigenvalue weighted by atomic mass is 35.5. The number of halogens is 2. The topological polar surface area (TPSA) is 114 Å². The van der Waals surface area contributed by atoms with Gasteiger partial charge in [0.05, 0.1) is 18.5 Å². The summed E-state index contributed by atoms with van der Waals surface area (Å²) in [5, 5.41) is 9.16. The molecule has 1 aromatic heterocycles. The van der Waals surface area contributed by atoms with Crippen LogP contribution in [-0.2, 0) is 18.4 Å². The summed E-state index contributed by atoms with van der Waals surface area (Å²) in [6.07, 6.45) is 2.92. The Bertz CT molecular complexity index is 1760. The summed E-state index contributed by atoms with van der Waals surface area (Å²) in [6, 6.07) is 13.9. The number of hydrogen-bond donors (Lipinski definition) is 3. The fourth-order valence-corrected chi connectivity index (χ4v) is 5.33. The number of amides is 2. The lowest BCUT2D eigenvalue weighted by Crippen LogP contribution is -2.30. The van der Waals surface area contributed by atoms with Gasteiger partial charge in [0, 0.05) is 61.2 Å². The van der Waals surface area contributed by atoms with Crippen LogP contribution in [-0.4, -0.2) is 41.1 Å². The van der Waals surface area contributed by atoms with E-state index in [-0.39, 0.29) is 24.1 Å². The number of benzene rings is 3. The fraction of sp³-hybridized carbons (Fsp3) is 0.226. The van der Waals surface area contributed by atoms with E-state index in [1.54, 1.807) is 24.3 Å². The quantitative estimate of drug-likeness (QED) is 0.280. The molecule has 3 aromatic carbocycles. The second-order valence-corrected chi connectivity index (χ2v) is 10.4. The Balaban J connectivity index is 1.45. The van der Waals surface area contributed by atoms with Gasteiger partial charge >= 0.3 is 0 Å². The molecule has 1 aliphatic heterocycles. The van der Waals surface area contributed by atoms with E-state index in [0.717, 1.165) is 11.1 Å². The van der Waals surface area contributed by atoms with Gasteiger partial charge in [-0.1, -0.05) is 41.9 Å². The number of aromatic nitrogens is 2. The van der Waals surface area contributed by atoms with E-state index >= 15 is 4.39 Å². The van der Waals surface area contributed by atoms with Crippen molar-refractivity contribution in [3.63, 3.8) is 0 Å². The van der Waals surface area contributed by atoms with Gasteiger partial charge in [-0.3, -0.25) is 14.4 Å². The third-order valence-corrected chi connectivity index (χ3v) is 7.75. The van der Waals surface area contributed by atoms with Gasteiger partial charge in [0.15, 0.2) is 0 Å². The summed E-state index contributed by atoms with van der Waals surface area (Å²) in [5.41, 5.74) is 3.64. The summed E-state index contributed by atoms with van der Waals surface area (Å²) in [7, 11) is 3.00. The van der Waals surface area contributed by atoms with E-state index in [2.05, 4.69) is 20.9 Å². The molecule has 0 radical (unpaired) electrons. The number of carbonyl (C=O) groups excluding carboxylic acids is 2. The van der Waals surface area contributed by atoms with Gasteiger partial charge in [-0.2, -0.15) is 0 Å². The molecule has 0 bridgehead atoms. The monoisotopic (exact) mass is 589 g/mol. The molecule has 216 valence electrons. The maximum absolute atomic E-state index is 15.4. The van der Waals surface area contributed by atoms with Crippen LogP contribution in [0.5, 0.6) is 5.75 Å². The zero-order valence-electron chi connectivity index (χ0n) is 23.3. The second-order valence-electron chi connectivity index (χ2n) is 10.0. The summed E-state index contributed by atoms with van der Waals surface area (Å²) in [6.45, 7) is 2.54. The molecule has 3 N–H and O–H groups in total. The van der Waals surface area contributed by atoms with Crippen molar-refractivity contribution in [1.29, 1.82) is 0 Å². The van der Waals surface area contributed by atoms with Gasteiger partial charge in [0.2, 0.25) is 5.91 Å². The molecule has 0 aliphatic carbocycles. The number of ether oxygens (including phenoxy) is 1. The van der Waals surface area contributed by atoms with Crippen LogP contribution in [0.25, 0.3) is 22.3 Å². The minimum atomic E-state index is -0.572. The Hall–Kier alpha value is -4.54. The van der Waals surface area contributed by atoms with Gasteiger partial charge in [0.1, 0.15) is 17.1 Å². The van der Waals surface area contributed by atoms with Crippen LogP contribution in [0.2, 0.25) is 5.02 Å². The molecule has 2 heterocycles. The van der Waals surface area contributed by atoms with Crippen LogP contribution >= 0.6 is 11.6 Å². The van der Waals surface area contributed by atoms with Crippen molar-refractivity contribution in [2.24, 2.45) is 7.05 Å². The van der Waals surface area contributed by atoms with Crippen molar-refractivity contribution in [2.45, 2.75) is 25.9 Å². The number of methoxy groups -OCH3 is 1. The third-order valence-electron chi connectivity index (χ3n) is 7.34. The molecule has 0 spiro atoms. The van der Waals surface area contributed by atoms with E-state index in [9.17, 15) is 14.4 Å². The first-order valence-corrected chi connectivity index (χ1v) is 13.6. The number of nitrogens with zero attached hydrogens (tertiary/aromatic N) is 2. The molecule has 1 aliphatic rings. The first kappa shape index (κ1) is 29.0. The number of hydrogen-bond acceptors (Lipinski definition) is 6. The summed E-state index contributed by atoms with van der Waals surface area (Å²) in [4.78, 5) is 40.7. The molecule has 42 heavy (non-hydrogen) atoms. The van der Waals surface area contributed by atoms with E-state index in [4.69, 9.17) is 16.3 Å². The number of rotatable bonds is 8. The van der Waals surface area contributed by atoms with Crippen LogP contribution in [0.15, 0.2) is 65.8 Å². The molecule has 1 atom stereocenters. The predicted molar refractivity (Wildman–Crippen MR) is 159 cm³/mol. The Morgan fingerprint density at radius 1 is 1.17 bits per heavy atom. The van der Waals surface area contributed by atoms with Crippen LogP contribution in [0.1, 0.15) is 27.9 Å². The molecule has 9 nitrogen and oxygen atoms in total. The molecular formula is C31H29ClFN5O4. The smallest absolute Gasteiger partial charge is 0.265 e. The Kier molecular flexibility index (Phi) is 8.37. The highest BCUT2D eigenvalue weighted by Crippen LogP contribution is 2.40. The Labute approximate surface area is 246 Å². The fourth-order valence-electron chi connectivity index (χ4n) is 4.99. The van der Waals surface area contributed by atoms with Gasteiger partial charge in [0.25, 0.3) is 11.5 Å². The molecular weight excluding hydrogens is 561 g/mol. The average Bonchev–Trinajstić information content (AvgIpc) is 3.39. The highest BCUT2D eigenvalue weighted by molar-refractivity contribution is 6.36. The molecule has 1 fully saturated rings. The molecule has 0 unspecified atom stereocenters. The molecule has 4 aromatic rings. The van der Waals surface area contributed by atoms with Crippen molar-refractivity contribution < 1.29 is 18.7 Å². The number of aryl methyl sites for hydroxylation is 1. The first-order valence-electron chi connectivity index (χ1n) is 13.2. The van der Waals surface area contributed by atoms with E-state index in [1.165, 1.54) is 37.3 Å². The van der Waals surface area contributed by atoms with E-state index < -0.39 is 17.3 Å². The van der Waals surface area contributed by atoms with Crippen molar-refractivity contribution >= 4 is 29.1 Å². The largest absolute Gasteiger partial charge is 0.496 e. The maximum atomic E-state index is 15.4. The predicted octanol–water partition coefficient (Wildman–Crippen LogP) is 4.45. The number of nitrogens with one attached hydrogen (secondary N) is 3. The first-order chi connectivity index (χ1) is 20.2. The van der Waals surface area contributed by atoms with Crippen molar-refractivity contribution in [1.82, 2.24) is 20.2 Å². The average molecular weight is 590 g/mol. The molecule has 1 saturated heterocycles. The van der Waals surface area contributed by atoms with Gasteiger partial charge < -0.3 is 25.3 Å². The molecule has 11 heteroatoms. The molecule has 2 amide bonds. The van der Waals surface area contributed by atoms with Crippen LogP contribution in [0.3, 0.4) is 0 Å². The zero-order chi connectivity index (χ0) is 30.0. The highest BCUT2D eigenvalue weighted by Gasteiger charge is 2.23.